The SMILES string of the molecule is Cc1cc2cc(Oc3nc(Nc4ncc(C5CCC5)s4)cc(N4CCN(C)CC4)n3)ccc2[nH]1. The number of likely N-dealkylation sites (N-methyl/N-ethyl adjacent to an activating group) is 1. The molecule has 1 aliphatic heterocycles. The number of ether oxygens (including phenoxy) is 1. The molecule has 2 aliphatic rings. The average Bonchev–Trinajstić information content (AvgIpc) is 3.38. The minimum atomic E-state index is 0.335. The third-order valence-corrected chi connectivity index (χ3v) is 7.80. The summed E-state index contributed by atoms with van der Waals surface area (Å²) in [6.45, 7) is 5.90. The van der Waals surface area contributed by atoms with E-state index in [1.54, 1.807) is 11.3 Å². The molecule has 0 atom stereocenters. The molecule has 0 unspecified atom stereocenters. The lowest BCUT2D eigenvalue weighted by molar-refractivity contribution is 0.311. The van der Waals surface area contributed by atoms with Gasteiger partial charge in [0, 0.05) is 59.9 Å². The molecule has 9 heteroatoms. The molecule has 0 bridgehead atoms. The smallest absolute Gasteiger partial charge is 0.325 e. The molecular formula is C25H29N7OS. The lowest BCUT2D eigenvalue weighted by Gasteiger charge is -2.33. The molecule has 34 heavy (non-hydrogen) atoms. The topological polar surface area (TPSA) is 82.2 Å². The predicted octanol–water partition coefficient (Wildman–Crippen LogP) is 5.28. The molecule has 6 rings (SSSR count). The van der Waals surface area contributed by atoms with Gasteiger partial charge in [-0.15, -0.1) is 11.3 Å². The summed E-state index contributed by atoms with van der Waals surface area (Å²) in [5, 5.41) is 5.38. The summed E-state index contributed by atoms with van der Waals surface area (Å²) in [4.78, 5) is 23.4. The average molecular weight is 476 g/mol. The zero-order valence-electron chi connectivity index (χ0n) is 19.5. The molecule has 3 aromatic heterocycles. The van der Waals surface area contributed by atoms with Gasteiger partial charge in [-0.25, -0.2) is 4.98 Å². The van der Waals surface area contributed by atoms with E-state index in [2.05, 4.69) is 50.1 Å². The van der Waals surface area contributed by atoms with E-state index in [4.69, 9.17) is 9.72 Å². The first-order valence-corrected chi connectivity index (χ1v) is 12.7. The Labute approximate surface area is 203 Å². The van der Waals surface area contributed by atoms with E-state index in [1.807, 2.05) is 30.5 Å². The Morgan fingerprint density at radius 3 is 2.74 bits per heavy atom. The number of hydrogen-bond acceptors (Lipinski definition) is 8. The quantitative estimate of drug-likeness (QED) is 0.393. The van der Waals surface area contributed by atoms with Crippen molar-refractivity contribution in [1.29, 1.82) is 0 Å². The Kier molecular flexibility index (Phi) is 5.58. The largest absolute Gasteiger partial charge is 0.424 e. The van der Waals surface area contributed by atoms with Gasteiger partial charge in [0.25, 0.3) is 0 Å². The van der Waals surface area contributed by atoms with Crippen molar-refractivity contribution >= 4 is 39.0 Å². The van der Waals surface area contributed by atoms with Crippen LogP contribution in [0, 0.1) is 6.92 Å². The van der Waals surface area contributed by atoms with Crippen molar-refractivity contribution in [3.63, 3.8) is 0 Å². The number of aryl methyl sites for hydroxylation is 1. The molecule has 4 heterocycles. The molecule has 2 N–H and O–H groups in total. The van der Waals surface area contributed by atoms with Gasteiger partial charge in [0.1, 0.15) is 17.4 Å². The summed E-state index contributed by atoms with van der Waals surface area (Å²) in [7, 11) is 2.15. The molecule has 176 valence electrons. The minimum Gasteiger partial charge on any atom is -0.424 e. The molecule has 1 saturated carbocycles. The summed E-state index contributed by atoms with van der Waals surface area (Å²) in [5.74, 6) is 2.96. The zero-order valence-corrected chi connectivity index (χ0v) is 20.4. The van der Waals surface area contributed by atoms with Crippen LogP contribution >= 0.6 is 11.3 Å². The van der Waals surface area contributed by atoms with E-state index in [9.17, 15) is 0 Å². The third kappa shape index (κ3) is 4.45. The second-order valence-corrected chi connectivity index (χ2v) is 10.4. The van der Waals surface area contributed by atoms with Crippen LogP contribution in [0.3, 0.4) is 0 Å². The monoisotopic (exact) mass is 475 g/mol. The van der Waals surface area contributed by atoms with Crippen LogP contribution in [-0.4, -0.2) is 58.1 Å². The lowest BCUT2D eigenvalue weighted by atomic mass is 9.85. The van der Waals surface area contributed by atoms with Gasteiger partial charge >= 0.3 is 6.01 Å². The number of nitrogens with one attached hydrogen (secondary N) is 2. The summed E-state index contributed by atoms with van der Waals surface area (Å²) in [6, 6.07) is 10.4. The number of aromatic nitrogens is 4. The summed E-state index contributed by atoms with van der Waals surface area (Å²) >= 11 is 1.72. The number of rotatable bonds is 6. The highest BCUT2D eigenvalue weighted by Crippen LogP contribution is 2.40. The van der Waals surface area contributed by atoms with E-state index >= 15 is 0 Å². The maximum Gasteiger partial charge on any atom is 0.325 e. The Balaban J connectivity index is 1.29. The number of thiazole rings is 1. The number of aromatic amines is 1. The number of anilines is 3. The van der Waals surface area contributed by atoms with Gasteiger partial charge in [-0.05, 0) is 57.0 Å². The first-order valence-electron chi connectivity index (χ1n) is 11.9. The Morgan fingerprint density at radius 2 is 1.94 bits per heavy atom. The van der Waals surface area contributed by atoms with E-state index in [0.29, 0.717) is 17.7 Å². The molecule has 1 saturated heterocycles. The van der Waals surface area contributed by atoms with Crippen LogP contribution in [0.2, 0.25) is 0 Å². The van der Waals surface area contributed by atoms with E-state index in [-0.39, 0.29) is 0 Å². The molecule has 1 aliphatic carbocycles. The maximum atomic E-state index is 6.17. The van der Waals surface area contributed by atoms with Crippen molar-refractivity contribution in [1.82, 2.24) is 24.8 Å². The summed E-state index contributed by atoms with van der Waals surface area (Å²) < 4.78 is 6.17. The fraction of sp³-hybridized carbons (Fsp3) is 0.400. The van der Waals surface area contributed by atoms with Crippen molar-refractivity contribution in [2.75, 3.05) is 43.4 Å². The zero-order chi connectivity index (χ0) is 23.1. The molecule has 2 fully saturated rings. The molecule has 0 radical (unpaired) electrons. The number of hydrogen-bond donors (Lipinski definition) is 2. The van der Waals surface area contributed by atoms with Crippen molar-refractivity contribution in [2.45, 2.75) is 32.1 Å². The second-order valence-electron chi connectivity index (χ2n) is 9.31. The predicted molar refractivity (Wildman–Crippen MR) is 137 cm³/mol. The van der Waals surface area contributed by atoms with Crippen molar-refractivity contribution in [3.8, 4) is 11.8 Å². The highest BCUT2D eigenvalue weighted by molar-refractivity contribution is 7.15. The van der Waals surface area contributed by atoms with Gasteiger partial charge in [-0.2, -0.15) is 9.97 Å². The molecule has 4 aromatic rings. The van der Waals surface area contributed by atoms with Crippen LogP contribution in [0.25, 0.3) is 10.9 Å². The van der Waals surface area contributed by atoms with Gasteiger partial charge in [-0.3, -0.25) is 0 Å². The first kappa shape index (κ1) is 21.4. The van der Waals surface area contributed by atoms with Gasteiger partial charge in [0.05, 0.1) is 0 Å². The number of benzene rings is 1. The molecule has 0 spiro atoms. The third-order valence-electron chi connectivity index (χ3n) is 6.72. The molecule has 8 nitrogen and oxygen atoms in total. The Hall–Kier alpha value is -3.17. The number of fused-ring (bicyclic) bond motifs is 1. The fourth-order valence-corrected chi connectivity index (χ4v) is 5.47. The van der Waals surface area contributed by atoms with Gasteiger partial charge in [0.2, 0.25) is 0 Å². The van der Waals surface area contributed by atoms with E-state index in [1.165, 1.54) is 24.1 Å². The van der Waals surface area contributed by atoms with Crippen LogP contribution < -0.4 is 15.0 Å². The normalized spacial score (nSPS) is 17.2. The van der Waals surface area contributed by atoms with Crippen LogP contribution in [0.4, 0.5) is 16.8 Å². The van der Waals surface area contributed by atoms with Crippen molar-refractivity contribution < 1.29 is 4.74 Å². The molecule has 0 amide bonds. The summed E-state index contributed by atoms with van der Waals surface area (Å²) in [6.07, 6.45) is 5.86. The molecule has 1 aromatic carbocycles. The highest BCUT2D eigenvalue weighted by atomic mass is 32.1. The van der Waals surface area contributed by atoms with Crippen LogP contribution in [0.15, 0.2) is 36.5 Å². The molecular weight excluding hydrogens is 446 g/mol. The number of piperazine rings is 1. The number of nitrogens with zero attached hydrogens (tertiary/aromatic N) is 5. The first-order chi connectivity index (χ1) is 16.6. The van der Waals surface area contributed by atoms with Gasteiger partial charge < -0.3 is 24.8 Å². The standard InChI is InChI=1S/C25H29N7OS/c1-16-12-18-13-19(6-7-20(18)27-16)33-24-28-22(14-23(30-24)32-10-8-31(2)9-11-32)29-25-26-15-21(34-25)17-4-3-5-17/h6-7,12-15,17,27H,3-5,8-11H2,1-2H3,(H,26,28,29,30). The fourth-order valence-electron chi connectivity index (χ4n) is 4.48. The number of H-pyrrole nitrogens is 1. The van der Waals surface area contributed by atoms with Crippen LogP contribution in [0.1, 0.15) is 35.8 Å². The Bertz CT molecular complexity index is 1300. The lowest BCUT2D eigenvalue weighted by Crippen LogP contribution is -2.44. The second kappa shape index (κ2) is 8.88. The van der Waals surface area contributed by atoms with Gasteiger partial charge in [0.15, 0.2) is 5.13 Å². The maximum absolute atomic E-state index is 6.17. The Morgan fingerprint density at radius 1 is 1.09 bits per heavy atom. The summed E-state index contributed by atoms with van der Waals surface area (Å²) in [5.41, 5.74) is 2.21. The van der Waals surface area contributed by atoms with Crippen LogP contribution in [0.5, 0.6) is 11.8 Å². The minimum absolute atomic E-state index is 0.335. The van der Waals surface area contributed by atoms with E-state index < -0.39 is 0 Å². The van der Waals surface area contributed by atoms with Crippen LogP contribution in [-0.2, 0) is 0 Å². The van der Waals surface area contributed by atoms with Gasteiger partial charge in [-0.1, -0.05) is 6.42 Å². The van der Waals surface area contributed by atoms with E-state index in [0.717, 1.165) is 59.5 Å². The van der Waals surface area contributed by atoms with Crippen molar-refractivity contribution in [3.05, 3.63) is 47.1 Å². The van der Waals surface area contributed by atoms with Crippen molar-refractivity contribution in [2.24, 2.45) is 0 Å². The highest BCUT2D eigenvalue weighted by Gasteiger charge is 2.22.